The summed E-state index contributed by atoms with van der Waals surface area (Å²) in [7, 11) is 3.13. The number of carbonyl (C=O) groups excluding carboxylic acids is 1. The van der Waals surface area contributed by atoms with Gasteiger partial charge >= 0.3 is 0 Å². The van der Waals surface area contributed by atoms with Crippen LogP contribution in [-0.2, 0) is 6.54 Å². The number of hydrogen-bond donors (Lipinski definition) is 2. The molecule has 1 heterocycles. The van der Waals surface area contributed by atoms with Gasteiger partial charge in [0.2, 0.25) is 0 Å². The van der Waals surface area contributed by atoms with E-state index in [9.17, 15) is 9.18 Å². The van der Waals surface area contributed by atoms with Crippen LogP contribution < -0.4 is 14.8 Å². The first-order chi connectivity index (χ1) is 15.6. The van der Waals surface area contributed by atoms with Crippen LogP contribution in [-0.4, -0.2) is 30.3 Å². The van der Waals surface area contributed by atoms with E-state index in [2.05, 4.69) is 15.5 Å². The zero-order valence-corrected chi connectivity index (χ0v) is 17.7. The molecule has 162 valence electrons. The van der Waals surface area contributed by atoms with E-state index in [1.54, 1.807) is 37.5 Å². The average Bonchev–Trinajstić information content (AvgIpc) is 3.25. The number of hydrogen-bond acceptors (Lipinski definition) is 4. The fraction of sp³-hybridized carbons (Fsp3) is 0.120. The van der Waals surface area contributed by atoms with Gasteiger partial charge in [0, 0.05) is 6.54 Å². The van der Waals surface area contributed by atoms with Crippen LogP contribution in [0.5, 0.6) is 11.5 Å². The van der Waals surface area contributed by atoms with Crippen LogP contribution in [0.25, 0.3) is 23.1 Å². The van der Waals surface area contributed by atoms with Gasteiger partial charge in [0.1, 0.15) is 17.3 Å². The Balaban J connectivity index is 1.59. The summed E-state index contributed by atoms with van der Waals surface area (Å²) in [6.07, 6.45) is 3.62. The topological polar surface area (TPSA) is 76.2 Å². The lowest BCUT2D eigenvalue weighted by Gasteiger charge is -2.11. The summed E-state index contributed by atoms with van der Waals surface area (Å²) < 4.78 is 23.9. The second kappa shape index (κ2) is 9.34. The van der Waals surface area contributed by atoms with Crippen molar-refractivity contribution in [1.29, 1.82) is 0 Å². The highest BCUT2D eigenvalue weighted by molar-refractivity contribution is 6.05. The van der Waals surface area contributed by atoms with E-state index >= 15 is 0 Å². The molecule has 0 saturated heterocycles. The van der Waals surface area contributed by atoms with Crippen LogP contribution >= 0.6 is 0 Å². The van der Waals surface area contributed by atoms with Gasteiger partial charge < -0.3 is 14.8 Å². The van der Waals surface area contributed by atoms with E-state index in [1.807, 2.05) is 30.3 Å². The number of carbonyl (C=O) groups is 1. The summed E-state index contributed by atoms with van der Waals surface area (Å²) in [5.41, 5.74) is 3.55. The van der Waals surface area contributed by atoms with Gasteiger partial charge in [-0.15, -0.1) is 0 Å². The summed E-state index contributed by atoms with van der Waals surface area (Å²) in [6.45, 7) is 0.368. The lowest BCUT2D eigenvalue weighted by Crippen LogP contribution is -2.23. The molecule has 6 nitrogen and oxygen atoms in total. The maximum atomic E-state index is 13.1. The number of rotatable bonds is 7. The smallest absolute Gasteiger partial charge is 0.255 e. The van der Waals surface area contributed by atoms with Gasteiger partial charge in [-0.2, -0.15) is 5.10 Å². The first-order valence-electron chi connectivity index (χ1n) is 9.99. The number of halogens is 1. The van der Waals surface area contributed by atoms with E-state index in [1.165, 1.54) is 19.2 Å². The third-order valence-electron chi connectivity index (χ3n) is 5.08. The number of amides is 1. The van der Waals surface area contributed by atoms with Crippen molar-refractivity contribution < 1.29 is 18.7 Å². The molecule has 1 amide bonds. The molecule has 0 aliphatic rings. The van der Waals surface area contributed by atoms with Crippen molar-refractivity contribution in [3.63, 3.8) is 0 Å². The van der Waals surface area contributed by atoms with Crippen LogP contribution in [0.2, 0.25) is 0 Å². The molecule has 4 aromatic rings. The van der Waals surface area contributed by atoms with Crippen molar-refractivity contribution in [2.24, 2.45) is 0 Å². The molecule has 0 aliphatic heterocycles. The highest BCUT2D eigenvalue weighted by Gasteiger charge is 2.18. The minimum atomic E-state index is -0.292. The molecule has 1 aromatic heterocycles. The Kier molecular flexibility index (Phi) is 6.17. The summed E-state index contributed by atoms with van der Waals surface area (Å²) in [4.78, 5) is 12.9. The molecule has 32 heavy (non-hydrogen) atoms. The number of nitrogens with one attached hydrogen (secondary N) is 2. The van der Waals surface area contributed by atoms with Crippen molar-refractivity contribution >= 4 is 29.0 Å². The fourth-order valence-corrected chi connectivity index (χ4v) is 3.39. The molecule has 0 fully saturated rings. The number of nitrogens with zero attached hydrogens (tertiary/aromatic N) is 1. The van der Waals surface area contributed by atoms with Crippen molar-refractivity contribution in [2.75, 3.05) is 14.2 Å². The number of benzene rings is 3. The normalized spacial score (nSPS) is 11.1. The Labute approximate surface area is 184 Å². The van der Waals surface area contributed by atoms with Crippen LogP contribution in [0.15, 0.2) is 60.7 Å². The molecular weight excluding hydrogens is 409 g/mol. The third kappa shape index (κ3) is 4.46. The standard InChI is InChI=1S/C25H22FN3O3/c1-31-19-10-5-17(6-11-19)15-27-25(30)20-12-14-22-23(24(20)32-2)21(28-29-22)13-7-16-3-8-18(26)9-4-16/h3-14H,15H2,1-2H3,(H,27,30)(H,28,29). The molecule has 3 aromatic carbocycles. The van der Waals surface area contributed by atoms with E-state index in [4.69, 9.17) is 9.47 Å². The predicted molar refractivity (Wildman–Crippen MR) is 122 cm³/mol. The zero-order valence-electron chi connectivity index (χ0n) is 17.7. The maximum Gasteiger partial charge on any atom is 0.255 e. The van der Waals surface area contributed by atoms with Crippen molar-refractivity contribution in [3.05, 3.63) is 88.9 Å². The van der Waals surface area contributed by atoms with Gasteiger partial charge in [-0.3, -0.25) is 9.89 Å². The van der Waals surface area contributed by atoms with Gasteiger partial charge in [0.15, 0.2) is 0 Å². The second-order valence-corrected chi connectivity index (χ2v) is 7.09. The van der Waals surface area contributed by atoms with Crippen LogP contribution in [0.3, 0.4) is 0 Å². The number of H-pyrrole nitrogens is 1. The Hall–Kier alpha value is -4.13. The number of fused-ring (bicyclic) bond motifs is 1. The summed E-state index contributed by atoms with van der Waals surface area (Å²) in [5, 5.41) is 10.9. The van der Waals surface area contributed by atoms with Crippen molar-refractivity contribution in [3.8, 4) is 11.5 Å². The second-order valence-electron chi connectivity index (χ2n) is 7.09. The minimum absolute atomic E-state index is 0.255. The Morgan fingerprint density at radius 2 is 1.75 bits per heavy atom. The lowest BCUT2D eigenvalue weighted by atomic mass is 10.1. The summed E-state index contributed by atoms with van der Waals surface area (Å²) in [5.74, 6) is 0.643. The predicted octanol–water partition coefficient (Wildman–Crippen LogP) is 4.82. The monoisotopic (exact) mass is 431 g/mol. The maximum absolute atomic E-state index is 13.1. The van der Waals surface area contributed by atoms with Gasteiger partial charge in [-0.1, -0.05) is 30.3 Å². The number of methoxy groups -OCH3 is 2. The molecule has 0 aliphatic carbocycles. The Bertz CT molecular complexity index is 1260. The lowest BCUT2D eigenvalue weighted by molar-refractivity contribution is 0.0948. The first kappa shape index (κ1) is 21.1. The number of aromatic amines is 1. The average molecular weight is 431 g/mol. The highest BCUT2D eigenvalue weighted by atomic mass is 19.1. The molecule has 0 atom stereocenters. The molecule has 0 unspecified atom stereocenters. The molecule has 0 spiro atoms. The van der Waals surface area contributed by atoms with E-state index < -0.39 is 0 Å². The largest absolute Gasteiger partial charge is 0.497 e. The van der Waals surface area contributed by atoms with Crippen LogP contribution in [0.4, 0.5) is 4.39 Å². The zero-order chi connectivity index (χ0) is 22.5. The van der Waals surface area contributed by atoms with Gasteiger partial charge in [0.05, 0.1) is 36.4 Å². The number of ether oxygens (including phenoxy) is 2. The van der Waals surface area contributed by atoms with E-state index in [0.29, 0.717) is 28.9 Å². The highest BCUT2D eigenvalue weighted by Crippen LogP contribution is 2.32. The molecule has 2 N–H and O–H groups in total. The van der Waals surface area contributed by atoms with Crippen molar-refractivity contribution in [1.82, 2.24) is 15.5 Å². The summed E-state index contributed by atoms with van der Waals surface area (Å²) in [6, 6.07) is 17.1. The van der Waals surface area contributed by atoms with Gasteiger partial charge in [-0.05, 0) is 53.6 Å². The van der Waals surface area contributed by atoms with Gasteiger partial charge in [0.25, 0.3) is 5.91 Å². The molecule has 0 saturated carbocycles. The molecule has 7 heteroatoms. The molecule has 4 rings (SSSR count). The molecule has 0 bridgehead atoms. The van der Waals surface area contributed by atoms with Crippen LogP contribution in [0.1, 0.15) is 27.2 Å². The fourth-order valence-electron chi connectivity index (χ4n) is 3.39. The SMILES string of the molecule is COc1ccc(CNC(=O)c2ccc3[nH]nc(C=Cc4ccc(F)cc4)c3c2OC)cc1. The summed E-state index contributed by atoms with van der Waals surface area (Å²) >= 11 is 0. The first-order valence-corrected chi connectivity index (χ1v) is 9.99. The van der Waals surface area contributed by atoms with Crippen molar-refractivity contribution in [2.45, 2.75) is 6.54 Å². The minimum Gasteiger partial charge on any atom is -0.497 e. The Morgan fingerprint density at radius 3 is 2.44 bits per heavy atom. The third-order valence-corrected chi connectivity index (χ3v) is 5.08. The van der Waals surface area contributed by atoms with E-state index in [0.717, 1.165) is 22.4 Å². The van der Waals surface area contributed by atoms with Crippen LogP contribution in [0, 0.1) is 5.82 Å². The number of aromatic nitrogens is 2. The quantitative estimate of drug-likeness (QED) is 0.440. The van der Waals surface area contributed by atoms with E-state index in [-0.39, 0.29) is 11.7 Å². The van der Waals surface area contributed by atoms with Gasteiger partial charge in [-0.25, -0.2) is 4.39 Å². The molecule has 0 radical (unpaired) electrons. The Morgan fingerprint density at radius 1 is 1.00 bits per heavy atom. The molecular formula is C25H22FN3O3.